The first kappa shape index (κ1) is 28.2. The van der Waals surface area contributed by atoms with Crippen molar-refractivity contribution in [3.63, 3.8) is 0 Å². The molecule has 0 unspecified atom stereocenters. The van der Waals surface area contributed by atoms with Gasteiger partial charge in [-0.25, -0.2) is 8.78 Å². The smallest absolute Gasteiger partial charge is 0.387 e. The molecule has 1 aliphatic carbocycles. The molecule has 2 fully saturated rings. The van der Waals surface area contributed by atoms with Crippen molar-refractivity contribution in [2.24, 2.45) is 11.8 Å². The Labute approximate surface area is 221 Å². The molecule has 1 saturated heterocycles. The fraction of sp³-hybridized carbons (Fsp3) is 0.613. The van der Waals surface area contributed by atoms with E-state index in [2.05, 4.69) is 11.7 Å². The molecule has 37 heavy (non-hydrogen) atoms. The predicted molar refractivity (Wildman–Crippen MR) is 145 cm³/mol. The number of alkyl halides is 2. The number of ether oxygens (including phenoxy) is 1. The van der Waals surface area contributed by atoms with Gasteiger partial charge in [0, 0.05) is 14.4 Å². The Bertz CT molecular complexity index is 981. The van der Waals surface area contributed by atoms with Crippen LogP contribution in [0.2, 0.25) is 18.1 Å². The summed E-state index contributed by atoms with van der Waals surface area (Å²) in [7, 11) is -0.0475. The van der Waals surface area contributed by atoms with Gasteiger partial charge in [0.2, 0.25) is 0 Å². The van der Waals surface area contributed by atoms with Crippen LogP contribution in [-0.4, -0.2) is 15.4 Å². The standard InChI is InChI=1S/C31H41F4OSi/c1-2-3-4-17-37-18-15-23(16-19-37)6-5-22-7-9-24(10-8-22)25-11-13-27(28(32)20-25)26-12-14-30(29(33)21-26)36-31(34)35/h11-14,20-24,31H,2-10,15-19H2,1H3. The van der Waals surface area contributed by atoms with Gasteiger partial charge in [0.05, 0.1) is 0 Å². The average Bonchev–Trinajstić information content (AvgIpc) is 2.90. The molecule has 1 radical (unpaired) electrons. The fourth-order valence-corrected chi connectivity index (χ4v) is 9.52. The lowest BCUT2D eigenvalue weighted by atomic mass is 9.76. The molecule has 0 aromatic heterocycles. The summed E-state index contributed by atoms with van der Waals surface area (Å²) in [4.78, 5) is 0. The Morgan fingerprint density at radius 2 is 1.54 bits per heavy atom. The van der Waals surface area contributed by atoms with Crippen LogP contribution in [0, 0.1) is 23.5 Å². The van der Waals surface area contributed by atoms with E-state index in [-0.39, 0.29) is 14.4 Å². The molecule has 6 heteroatoms. The van der Waals surface area contributed by atoms with Crippen molar-refractivity contribution in [2.45, 2.75) is 108 Å². The van der Waals surface area contributed by atoms with Crippen molar-refractivity contribution in [3.05, 3.63) is 53.6 Å². The third kappa shape index (κ3) is 8.08. The second kappa shape index (κ2) is 13.8. The highest BCUT2D eigenvalue weighted by atomic mass is 28.3. The summed E-state index contributed by atoms with van der Waals surface area (Å²) in [6, 6.07) is 13.4. The minimum absolute atomic E-state index is 0.0475. The van der Waals surface area contributed by atoms with Crippen LogP contribution in [0.25, 0.3) is 11.1 Å². The quantitative estimate of drug-likeness (QED) is 0.159. The molecule has 0 amide bonds. The van der Waals surface area contributed by atoms with Crippen LogP contribution in [0.15, 0.2) is 36.4 Å². The zero-order valence-electron chi connectivity index (χ0n) is 22.1. The lowest BCUT2D eigenvalue weighted by Gasteiger charge is -2.32. The van der Waals surface area contributed by atoms with Crippen molar-refractivity contribution < 1.29 is 22.3 Å². The third-order valence-electron chi connectivity index (χ3n) is 8.70. The van der Waals surface area contributed by atoms with Crippen LogP contribution in [0.4, 0.5) is 17.6 Å². The Balaban J connectivity index is 1.23. The van der Waals surface area contributed by atoms with Gasteiger partial charge in [-0.3, -0.25) is 0 Å². The third-order valence-corrected chi connectivity index (χ3v) is 11.8. The molecule has 1 nitrogen and oxygen atoms in total. The molecular formula is C31H41F4OSi. The lowest BCUT2D eigenvalue weighted by molar-refractivity contribution is -0.0521. The predicted octanol–water partition coefficient (Wildman–Crippen LogP) is 10.4. The molecule has 2 aromatic carbocycles. The summed E-state index contributed by atoms with van der Waals surface area (Å²) in [5, 5.41) is 0. The fourth-order valence-electron chi connectivity index (χ4n) is 6.38. The van der Waals surface area contributed by atoms with Crippen molar-refractivity contribution >= 4 is 8.80 Å². The van der Waals surface area contributed by atoms with Crippen molar-refractivity contribution in [3.8, 4) is 16.9 Å². The number of rotatable bonds is 11. The summed E-state index contributed by atoms with van der Waals surface area (Å²) in [6.45, 7) is -0.812. The molecule has 2 aliphatic rings. The van der Waals surface area contributed by atoms with Gasteiger partial charge in [-0.05, 0) is 72.8 Å². The van der Waals surface area contributed by atoms with Crippen LogP contribution in [0.5, 0.6) is 5.75 Å². The summed E-state index contributed by atoms with van der Waals surface area (Å²) >= 11 is 0. The van der Waals surface area contributed by atoms with E-state index in [9.17, 15) is 17.6 Å². The first-order valence-corrected chi connectivity index (χ1v) is 16.4. The highest BCUT2D eigenvalue weighted by Crippen LogP contribution is 2.40. The van der Waals surface area contributed by atoms with Crippen LogP contribution in [0.3, 0.4) is 0 Å². The molecule has 0 bridgehead atoms. The van der Waals surface area contributed by atoms with Gasteiger partial charge in [0.1, 0.15) is 5.82 Å². The molecule has 203 valence electrons. The maximum atomic E-state index is 15.0. The van der Waals surface area contributed by atoms with Gasteiger partial charge in [-0.2, -0.15) is 8.78 Å². The maximum Gasteiger partial charge on any atom is 0.387 e. The highest BCUT2D eigenvalue weighted by Gasteiger charge is 2.26. The SMILES string of the molecule is CCCCC[Si]1CCC(CCC2CCC(c3ccc(-c4ccc(OC(F)F)c(F)c4)c(F)c3)CC2)CC1. The maximum absolute atomic E-state index is 15.0. The molecule has 4 rings (SSSR count). The van der Waals surface area contributed by atoms with Crippen LogP contribution >= 0.6 is 0 Å². The summed E-state index contributed by atoms with van der Waals surface area (Å²) in [5.41, 5.74) is 1.58. The zero-order chi connectivity index (χ0) is 26.2. The van der Waals surface area contributed by atoms with Crippen molar-refractivity contribution in [2.75, 3.05) is 0 Å². The van der Waals surface area contributed by atoms with Crippen molar-refractivity contribution in [1.82, 2.24) is 0 Å². The van der Waals surface area contributed by atoms with E-state index in [1.54, 1.807) is 12.1 Å². The highest BCUT2D eigenvalue weighted by molar-refractivity contribution is 6.58. The minimum atomic E-state index is -3.10. The van der Waals surface area contributed by atoms with E-state index >= 15 is 0 Å². The topological polar surface area (TPSA) is 9.23 Å². The summed E-state index contributed by atoms with van der Waals surface area (Å²) in [5.74, 6) is 0.231. The van der Waals surface area contributed by atoms with E-state index in [0.717, 1.165) is 42.4 Å². The Morgan fingerprint density at radius 3 is 2.16 bits per heavy atom. The number of hydrogen-bond acceptors (Lipinski definition) is 1. The number of halogens is 4. The van der Waals surface area contributed by atoms with Crippen molar-refractivity contribution in [1.29, 1.82) is 0 Å². The second-order valence-electron chi connectivity index (χ2n) is 11.2. The van der Waals surface area contributed by atoms with E-state index in [1.807, 2.05) is 6.07 Å². The van der Waals surface area contributed by atoms with Gasteiger partial charge < -0.3 is 4.74 Å². The number of hydrogen-bond donors (Lipinski definition) is 0. The molecule has 2 aromatic rings. The first-order chi connectivity index (χ1) is 17.9. The largest absolute Gasteiger partial charge is 0.432 e. The van der Waals surface area contributed by atoms with E-state index in [1.165, 1.54) is 82.0 Å². The van der Waals surface area contributed by atoms with Gasteiger partial charge in [-0.1, -0.05) is 88.2 Å². The second-order valence-corrected chi connectivity index (χ2v) is 14.2. The van der Waals surface area contributed by atoms with E-state index in [4.69, 9.17) is 0 Å². The summed E-state index contributed by atoms with van der Waals surface area (Å²) in [6.07, 6.45) is 14.5. The minimum Gasteiger partial charge on any atom is -0.432 e. The van der Waals surface area contributed by atoms with Crippen LogP contribution < -0.4 is 4.74 Å². The molecule has 0 N–H and O–H groups in total. The number of benzene rings is 2. The van der Waals surface area contributed by atoms with Gasteiger partial charge in [0.25, 0.3) is 0 Å². The molecule has 1 heterocycles. The Kier molecular flexibility index (Phi) is 10.5. The molecule has 0 spiro atoms. The average molecular weight is 534 g/mol. The normalized spacial score (nSPS) is 21.5. The molecular weight excluding hydrogens is 492 g/mol. The molecule has 1 saturated carbocycles. The van der Waals surface area contributed by atoms with Crippen LogP contribution in [0.1, 0.15) is 89.0 Å². The lowest BCUT2D eigenvalue weighted by Crippen LogP contribution is -2.22. The van der Waals surface area contributed by atoms with E-state index in [0.29, 0.717) is 11.5 Å². The first-order valence-electron chi connectivity index (χ1n) is 14.3. The zero-order valence-corrected chi connectivity index (χ0v) is 23.1. The van der Waals surface area contributed by atoms with E-state index < -0.39 is 24.0 Å². The Morgan fingerprint density at radius 1 is 0.838 bits per heavy atom. The molecule has 0 atom stereocenters. The monoisotopic (exact) mass is 533 g/mol. The number of unbranched alkanes of at least 4 members (excludes halogenated alkanes) is 2. The van der Waals surface area contributed by atoms with Crippen LogP contribution in [-0.2, 0) is 0 Å². The summed E-state index contributed by atoms with van der Waals surface area (Å²) < 4.78 is 58.0. The van der Waals surface area contributed by atoms with Gasteiger partial charge in [-0.15, -0.1) is 0 Å². The van der Waals surface area contributed by atoms with Gasteiger partial charge >= 0.3 is 6.61 Å². The van der Waals surface area contributed by atoms with Gasteiger partial charge in [0.15, 0.2) is 11.6 Å². The Hall–Kier alpha value is -1.82. The molecule has 1 aliphatic heterocycles.